The van der Waals surface area contributed by atoms with Crippen molar-refractivity contribution in [3.63, 3.8) is 0 Å². The van der Waals surface area contributed by atoms with Gasteiger partial charge < -0.3 is 5.11 Å². The van der Waals surface area contributed by atoms with Gasteiger partial charge in [-0.25, -0.2) is 0 Å². The lowest BCUT2D eigenvalue weighted by molar-refractivity contribution is 0.104. The molecule has 1 N–H and O–H groups in total. The molecule has 0 aromatic carbocycles. The van der Waals surface area contributed by atoms with E-state index in [1.807, 2.05) is 0 Å². The Hall–Kier alpha value is -0.170. The van der Waals surface area contributed by atoms with Crippen LogP contribution in [0.5, 0.6) is 0 Å². The van der Waals surface area contributed by atoms with Crippen molar-refractivity contribution >= 4 is 10.2 Å². The van der Waals surface area contributed by atoms with Crippen LogP contribution in [0.3, 0.4) is 0 Å². The maximum atomic E-state index is 13.1. The smallest absolute Gasteiger partial charge is 0.282 e. The molecule has 0 radical (unpaired) electrons. The average Bonchev–Trinajstić information content (AvgIpc) is 2.54. The van der Waals surface area contributed by atoms with Gasteiger partial charge in [-0.1, -0.05) is 19.3 Å². The van der Waals surface area contributed by atoms with Gasteiger partial charge in [-0.05, 0) is 44.4 Å². The van der Waals surface area contributed by atoms with Crippen LogP contribution in [-0.4, -0.2) is 53.9 Å². The van der Waals surface area contributed by atoms with Gasteiger partial charge >= 0.3 is 0 Å². The van der Waals surface area contributed by atoms with Crippen LogP contribution in [-0.2, 0) is 10.2 Å². The minimum atomic E-state index is -3.41. The van der Waals surface area contributed by atoms with Crippen LogP contribution >= 0.6 is 0 Å². The standard InChI is InChI=1S/C15H28N2O3S/c18-12-14-8-3-4-10-16(14)21(19,20)17-11-5-7-13-6-1-2-9-15(13)17/h13-15,18H,1-12H2/t13-,14?,15-/m1/s1. The molecule has 2 saturated heterocycles. The van der Waals surface area contributed by atoms with Crippen LogP contribution < -0.4 is 0 Å². The number of rotatable bonds is 3. The molecule has 0 bridgehead atoms. The maximum absolute atomic E-state index is 13.1. The van der Waals surface area contributed by atoms with Crippen LogP contribution in [0.1, 0.15) is 57.8 Å². The van der Waals surface area contributed by atoms with Gasteiger partial charge in [0.15, 0.2) is 0 Å². The van der Waals surface area contributed by atoms with Crippen molar-refractivity contribution in [2.45, 2.75) is 69.9 Å². The van der Waals surface area contributed by atoms with E-state index in [0.717, 1.165) is 38.5 Å². The Bertz CT molecular complexity index is 452. The van der Waals surface area contributed by atoms with Gasteiger partial charge in [-0.15, -0.1) is 0 Å². The average molecular weight is 316 g/mol. The normalized spacial score (nSPS) is 36.3. The van der Waals surface area contributed by atoms with Gasteiger partial charge in [0.1, 0.15) is 0 Å². The van der Waals surface area contributed by atoms with Crippen molar-refractivity contribution in [2.75, 3.05) is 19.7 Å². The SMILES string of the molecule is O=S(=O)(N1CCCCC1CO)N1CCC[C@H]2CCCC[C@H]21. The van der Waals surface area contributed by atoms with E-state index in [1.54, 1.807) is 8.61 Å². The van der Waals surface area contributed by atoms with E-state index in [2.05, 4.69) is 0 Å². The molecule has 2 heterocycles. The fourth-order valence-corrected chi connectivity index (χ4v) is 6.62. The van der Waals surface area contributed by atoms with Gasteiger partial charge in [0.25, 0.3) is 10.2 Å². The number of hydrogen-bond donors (Lipinski definition) is 1. The molecule has 3 atom stereocenters. The monoisotopic (exact) mass is 316 g/mol. The Balaban J connectivity index is 1.82. The predicted molar refractivity (Wildman–Crippen MR) is 82.0 cm³/mol. The van der Waals surface area contributed by atoms with Crippen molar-refractivity contribution in [2.24, 2.45) is 5.92 Å². The van der Waals surface area contributed by atoms with Crippen molar-refractivity contribution in [3.8, 4) is 0 Å². The zero-order chi connectivity index (χ0) is 14.9. The Morgan fingerprint density at radius 3 is 2.33 bits per heavy atom. The summed E-state index contributed by atoms with van der Waals surface area (Å²) in [6.07, 6.45) is 9.48. The van der Waals surface area contributed by atoms with E-state index >= 15 is 0 Å². The molecule has 3 rings (SSSR count). The molecule has 122 valence electrons. The highest BCUT2D eigenvalue weighted by Crippen LogP contribution is 2.38. The molecule has 3 fully saturated rings. The number of aliphatic hydroxyl groups is 1. The minimum Gasteiger partial charge on any atom is -0.395 e. The zero-order valence-electron chi connectivity index (χ0n) is 12.8. The third-order valence-corrected chi connectivity index (χ3v) is 7.69. The number of aliphatic hydroxyl groups excluding tert-OH is 1. The molecule has 0 spiro atoms. The predicted octanol–water partition coefficient (Wildman–Crippen LogP) is 1.73. The maximum Gasteiger partial charge on any atom is 0.282 e. The van der Waals surface area contributed by atoms with E-state index in [1.165, 1.54) is 19.3 Å². The van der Waals surface area contributed by atoms with E-state index in [4.69, 9.17) is 0 Å². The highest BCUT2D eigenvalue weighted by Gasteiger charge is 2.43. The Labute approximate surface area is 128 Å². The second-order valence-corrected chi connectivity index (χ2v) is 8.65. The molecule has 6 heteroatoms. The van der Waals surface area contributed by atoms with Crippen LogP contribution in [0, 0.1) is 5.92 Å². The highest BCUT2D eigenvalue weighted by molar-refractivity contribution is 7.86. The topological polar surface area (TPSA) is 60.9 Å². The molecule has 0 amide bonds. The van der Waals surface area contributed by atoms with Crippen LogP contribution in [0.2, 0.25) is 0 Å². The lowest BCUT2D eigenvalue weighted by Gasteiger charge is -2.46. The molecule has 5 nitrogen and oxygen atoms in total. The Kier molecular flexibility index (Phi) is 4.88. The third kappa shape index (κ3) is 3.00. The summed E-state index contributed by atoms with van der Waals surface area (Å²) < 4.78 is 29.6. The number of fused-ring (bicyclic) bond motifs is 1. The third-order valence-electron chi connectivity index (χ3n) is 5.57. The molecular formula is C15H28N2O3S. The Morgan fingerprint density at radius 1 is 0.857 bits per heavy atom. The van der Waals surface area contributed by atoms with E-state index in [-0.39, 0.29) is 18.7 Å². The zero-order valence-corrected chi connectivity index (χ0v) is 13.6. The molecular weight excluding hydrogens is 288 g/mol. The first-order chi connectivity index (χ1) is 10.1. The van der Waals surface area contributed by atoms with Crippen molar-refractivity contribution < 1.29 is 13.5 Å². The van der Waals surface area contributed by atoms with Crippen LogP contribution in [0.15, 0.2) is 0 Å². The number of piperidine rings is 2. The van der Waals surface area contributed by atoms with Crippen molar-refractivity contribution in [3.05, 3.63) is 0 Å². The van der Waals surface area contributed by atoms with E-state index in [0.29, 0.717) is 19.0 Å². The van der Waals surface area contributed by atoms with Crippen molar-refractivity contribution in [1.82, 2.24) is 8.61 Å². The first kappa shape index (κ1) is 15.7. The van der Waals surface area contributed by atoms with Crippen molar-refractivity contribution in [1.29, 1.82) is 0 Å². The van der Waals surface area contributed by atoms with Gasteiger partial charge in [0.2, 0.25) is 0 Å². The molecule has 0 aromatic rings. The molecule has 1 saturated carbocycles. The number of hydrogen-bond acceptors (Lipinski definition) is 3. The van der Waals surface area contributed by atoms with Gasteiger partial charge in [0, 0.05) is 25.2 Å². The van der Waals surface area contributed by atoms with E-state index < -0.39 is 10.2 Å². The molecule has 3 aliphatic rings. The summed E-state index contributed by atoms with van der Waals surface area (Å²) in [7, 11) is -3.41. The first-order valence-corrected chi connectivity index (χ1v) is 9.94. The molecule has 1 unspecified atom stereocenters. The first-order valence-electron chi connectivity index (χ1n) is 8.54. The molecule has 0 aromatic heterocycles. The molecule has 1 aliphatic carbocycles. The summed E-state index contributed by atoms with van der Waals surface area (Å²) in [5.41, 5.74) is 0. The quantitative estimate of drug-likeness (QED) is 0.862. The lowest BCUT2D eigenvalue weighted by atomic mass is 9.79. The Morgan fingerprint density at radius 2 is 1.52 bits per heavy atom. The second kappa shape index (κ2) is 6.52. The van der Waals surface area contributed by atoms with E-state index in [9.17, 15) is 13.5 Å². The molecule has 2 aliphatic heterocycles. The summed E-state index contributed by atoms with van der Waals surface area (Å²) >= 11 is 0. The summed E-state index contributed by atoms with van der Waals surface area (Å²) in [5, 5.41) is 9.53. The number of nitrogens with zero attached hydrogens (tertiary/aromatic N) is 2. The van der Waals surface area contributed by atoms with Crippen LogP contribution in [0.4, 0.5) is 0 Å². The van der Waals surface area contributed by atoms with Gasteiger partial charge in [-0.3, -0.25) is 0 Å². The summed E-state index contributed by atoms with van der Waals surface area (Å²) in [5.74, 6) is 0.555. The molecule has 21 heavy (non-hydrogen) atoms. The second-order valence-electron chi connectivity index (χ2n) is 6.82. The fraction of sp³-hybridized carbons (Fsp3) is 1.00. The summed E-state index contributed by atoms with van der Waals surface area (Å²) in [6.45, 7) is 1.18. The summed E-state index contributed by atoms with van der Waals surface area (Å²) in [6, 6.07) is -0.00788. The van der Waals surface area contributed by atoms with Gasteiger partial charge in [-0.2, -0.15) is 17.0 Å². The van der Waals surface area contributed by atoms with Gasteiger partial charge in [0.05, 0.1) is 6.61 Å². The fourth-order valence-electron chi connectivity index (χ4n) is 4.46. The summed E-state index contributed by atoms with van der Waals surface area (Å²) in [4.78, 5) is 0. The highest BCUT2D eigenvalue weighted by atomic mass is 32.2. The minimum absolute atomic E-state index is 0.0544. The largest absolute Gasteiger partial charge is 0.395 e. The van der Waals surface area contributed by atoms with Crippen LogP contribution in [0.25, 0.3) is 0 Å². The lowest BCUT2D eigenvalue weighted by Crippen LogP contribution is -2.57.